The molecule has 0 fully saturated rings. The fourth-order valence-corrected chi connectivity index (χ4v) is 2.88. The minimum absolute atomic E-state index is 0.115. The van der Waals surface area contributed by atoms with Gasteiger partial charge in [0.15, 0.2) is 0 Å². The molecule has 0 aliphatic carbocycles. The zero-order chi connectivity index (χ0) is 18.3. The number of Topliss-reactive ketones (excluding diaryl/α,β-unsaturated/α-hetero) is 2. The van der Waals surface area contributed by atoms with Crippen LogP contribution in [0.25, 0.3) is 0 Å². The number of nitrogens with zero attached hydrogens (tertiary/aromatic N) is 1. The standard InChI is InChI=1S/C18H25NO4S/c1-6-23-18(22)17(21)15(16(20)12(2)3)11-13-7-9-14(10-8-13)24-19(4)5/h7-10,12,15H,6,11H2,1-5H3. The molecule has 1 unspecified atom stereocenters. The molecule has 5 nitrogen and oxygen atoms in total. The Labute approximate surface area is 147 Å². The van der Waals surface area contributed by atoms with Crippen LogP contribution in [0.5, 0.6) is 0 Å². The van der Waals surface area contributed by atoms with E-state index in [2.05, 4.69) is 0 Å². The Morgan fingerprint density at radius 1 is 1.12 bits per heavy atom. The topological polar surface area (TPSA) is 63.7 Å². The van der Waals surface area contributed by atoms with E-state index in [4.69, 9.17) is 4.74 Å². The van der Waals surface area contributed by atoms with Crippen LogP contribution in [-0.4, -0.2) is 42.5 Å². The summed E-state index contributed by atoms with van der Waals surface area (Å²) in [7, 11) is 3.90. The summed E-state index contributed by atoms with van der Waals surface area (Å²) in [5.41, 5.74) is 0.842. The third-order valence-corrected chi connectivity index (χ3v) is 4.20. The minimum Gasteiger partial charge on any atom is -0.460 e. The van der Waals surface area contributed by atoms with Crippen LogP contribution >= 0.6 is 11.9 Å². The Hall–Kier alpha value is -1.66. The van der Waals surface area contributed by atoms with Crippen LogP contribution in [0.15, 0.2) is 29.2 Å². The summed E-state index contributed by atoms with van der Waals surface area (Å²) in [5.74, 6) is -3.24. The zero-order valence-electron chi connectivity index (χ0n) is 14.9. The molecule has 1 rings (SSSR count). The van der Waals surface area contributed by atoms with E-state index < -0.39 is 17.7 Å². The van der Waals surface area contributed by atoms with E-state index in [9.17, 15) is 14.4 Å². The number of ketones is 2. The largest absolute Gasteiger partial charge is 0.460 e. The average Bonchev–Trinajstić information content (AvgIpc) is 2.52. The lowest BCUT2D eigenvalue weighted by Crippen LogP contribution is -2.35. The lowest BCUT2D eigenvalue weighted by atomic mass is 9.86. The number of carbonyl (C=O) groups excluding carboxylic acids is 3. The highest BCUT2D eigenvalue weighted by molar-refractivity contribution is 7.97. The average molecular weight is 351 g/mol. The highest BCUT2D eigenvalue weighted by atomic mass is 32.2. The molecule has 0 N–H and O–H groups in total. The van der Waals surface area contributed by atoms with Crippen molar-refractivity contribution in [3.05, 3.63) is 29.8 Å². The quantitative estimate of drug-likeness (QED) is 0.295. The molecule has 132 valence electrons. The first-order chi connectivity index (χ1) is 11.3. The molecular weight excluding hydrogens is 326 g/mol. The predicted molar refractivity (Wildman–Crippen MR) is 94.7 cm³/mol. The van der Waals surface area contributed by atoms with Gasteiger partial charge in [0.1, 0.15) is 5.78 Å². The van der Waals surface area contributed by atoms with E-state index >= 15 is 0 Å². The number of hydrogen-bond acceptors (Lipinski definition) is 6. The van der Waals surface area contributed by atoms with Gasteiger partial charge in [-0.25, -0.2) is 4.79 Å². The first-order valence-corrected chi connectivity index (χ1v) is 8.72. The van der Waals surface area contributed by atoms with Crippen molar-refractivity contribution in [2.75, 3.05) is 20.7 Å². The molecule has 0 saturated heterocycles. The molecule has 0 saturated carbocycles. The molecule has 0 spiro atoms. The maximum Gasteiger partial charge on any atom is 0.375 e. The first kappa shape index (κ1) is 20.4. The molecule has 0 radical (unpaired) electrons. The molecule has 1 aromatic rings. The number of hydrogen-bond donors (Lipinski definition) is 0. The zero-order valence-corrected chi connectivity index (χ0v) is 15.7. The van der Waals surface area contributed by atoms with E-state index in [0.29, 0.717) is 0 Å². The summed E-state index contributed by atoms with van der Waals surface area (Å²) < 4.78 is 6.74. The van der Waals surface area contributed by atoms with Crippen LogP contribution in [-0.2, 0) is 25.5 Å². The second-order valence-corrected chi connectivity index (χ2v) is 7.33. The van der Waals surface area contributed by atoms with Gasteiger partial charge in [-0.1, -0.05) is 26.0 Å². The van der Waals surface area contributed by atoms with E-state index in [1.165, 1.54) is 0 Å². The fourth-order valence-electron chi connectivity index (χ4n) is 2.20. The molecule has 6 heteroatoms. The van der Waals surface area contributed by atoms with Gasteiger partial charge in [-0.2, -0.15) is 0 Å². The van der Waals surface area contributed by atoms with Crippen LogP contribution in [0.3, 0.4) is 0 Å². The lowest BCUT2D eigenvalue weighted by Gasteiger charge is -2.16. The van der Waals surface area contributed by atoms with E-state index in [1.54, 1.807) is 32.7 Å². The molecule has 0 amide bonds. The summed E-state index contributed by atoms with van der Waals surface area (Å²) in [6.07, 6.45) is 0.210. The third kappa shape index (κ3) is 6.09. The van der Waals surface area contributed by atoms with Gasteiger partial charge in [0.05, 0.1) is 12.5 Å². The van der Waals surface area contributed by atoms with Crippen molar-refractivity contribution in [1.82, 2.24) is 4.31 Å². The van der Waals surface area contributed by atoms with Crippen molar-refractivity contribution in [3.63, 3.8) is 0 Å². The van der Waals surface area contributed by atoms with Crippen LogP contribution in [0.4, 0.5) is 0 Å². The molecular formula is C18H25NO4S. The van der Waals surface area contributed by atoms with Crippen molar-refractivity contribution in [2.45, 2.75) is 32.1 Å². The summed E-state index contributed by atoms with van der Waals surface area (Å²) in [5, 5.41) is 0. The van der Waals surface area contributed by atoms with Crippen LogP contribution in [0, 0.1) is 11.8 Å². The fraction of sp³-hybridized carbons (Fsp3) is 0.500. The Kier molecular flexibility index (Phi) is 8.15. The molecule has 1 atom stereocenters. The van der Waals surface area contributed by atoms with Crippen LogP contribution < -0.4 is 0 Å². The first-order valence-electron chi connectivity index (χ1n) is 7.95. The monoisotopic (exact) mass is 351 g/mol. The van der Waals surface area contributed by atoms with Gasteiger partial charge in [-0.3, -0.25) is 13.9 Å². The van der Waals surface area contributed by atoms with Gasteiger partial charge in [-0.05, 0) is 57.1 Å². The summed E-state index contributed by atoms with van der Waals surface area (Å²) in [6, 6.07) is 7.63. The van der Waals surface area contributed by atoms with Crippen LogP contribution in [0.1, 0.15) is 26.3 Å². The van der Waals surface area contributed by atoms with Crippen molar-refractivity contribution in [3.8, 4) is 0 Å². The van der Waals surface area contributed by atoms with E-state index in [0.717, 1.165) is 10.5 Å². The second-order valence-electron chi connectivity index (χ2n) is 5.95. The van der Waals surface area contributed by atoms with Gasteiger partial charge in [0, 0.05) is 10.8 Å². The smallest absolute Gasteiger partial charge is 0.375 e. The van der Waals surface area contributed by atoms with Gasteiger partial charge >= 0.3 is 5.97 Å². The number of rotatable bonds is 9. The highest BCUT2D eigenvalue weighted by Gasteiger charge is 2.33. The summed E-state index contributed by atoms with van der Waals surface area (Å²) in [4.78, 5) is 37.5. The number of ether oxygens (including phenoxy) is 1. The lowest BCUT2D eigenvalue weighted by molar-refractivity contribution is -0.157. The molecule has 0 aliphatic heterocycles. The van der Waals surface area contributed by atoms with Gasteiger partial charge in [0.2, 0.25) is 0 Å². The van der Waals surface area contributed by atoms with E-state index in [-0.39, 0.29) is 24.7 Å². The Balaban J connectivity index is 2.94. The molecule has 24 heavy (non-hydrogen) atoms. The number of esters is 1. The molecule has 1 aromatic carbocycles. The SMILES string of the molecule is CCOC(=O)C(=O)C(Cc1ccc(SN(C)C)cc1)C(=O)C(C)C. The van der Waals surface area contributed by atoms with Gasteiger partial charge < -0.3 is 4.74 Å². The van der Waals surface area contributed by atoms with Crippen molar-refractivity contribution >= 4 is 29.5 Å². The van der Waals surface area contributed by atoms with Gasteiger partial charge in [-0.15, -0.1) is 0 Å². The predicted octanol–water partition coefficient (Wildman–Crippen LogP) is 2.77. The third-order valence-electron chi connectivity index (χ3n) is 3.36. The Morgan fingerprint density at radius 2 is 1.71 bits per heavy atom. The normalized spacial score (nSPS) is 12.3. The molecule has 0 heterocycles. The second kappa shape index (κ2) is 9.59. The number of benzene rings is 1. The molecule has 0 aromatic heterocycles. The van der Waals surface area contributed by atoms with Crippen molar-refractivity contribution < 1.29 is 19.1 Å². The maximum absolute atomic E-state index is 12.4. The summed E-state index contributed by atoms with van der Waals surface area (Å²) in [6.45, 7) is 5.20. The highest BCUT2D eigenvalue weighted by Crippen LogP contribution is 2.22. The Morgan fingerprint density at radius 3 is 2.17 bits per heavy atom. The number of carbonyl (C=O) groups is 3. The van der Waals surface area contributed by atoms with Crippen molar-refractivity contribution in [1.29, 1.82) is 0 Å². The van der Waals surface area contributed by atoms with Crippen LogP contribution in [0.2, 0.25) is 0 Å². The molecule has 0 bridgehead atoms. The molecule has 0 aliphatic rings. The summed E-state index contributed by atoms with van der Waals surface area (Å²) >= 11 is 1.58. The van der Waals surface area contributed by atoms with Gasteiger partial charge in [0.25, 0.3) is 5.78 Å². The maximum atomic E-state index is 12.4. The van der Waals surface area contributed by atoms with E-state index in [1.807, 2.05) is 42.7 Å². The minimum atomic E-state index is -0.989. The Bertz CT molecular complexity index is 581. The van der Waals surface area contributed by atoms with Crippen molar-refractivity contribution in [2.24, 2.45) is 11.8 Å².